The van der Waals surface area contributed by atoms with Crippen LogP contribution >= 0.6 is 0 Å². The molecule has 1 heterocycles. The molecule has 1 rings (SSSR count). The number of piperazine rings is 1. The SMILES string of the molecule is O=C(O)OCCN1CCN(CCS(=O)(=O)O)CC1. The Morgan fingerprint density at radius 2 is 1.61 bits per heavy atom. The molecule has 0 aromatic carbocycles. The molecule has 0 spiro atoms. The molecule has 1 fully saturated rings. The molecular weight excluding hydrogens is 264 g/mol. The summed E-state index contributed by atoms with van der Waals surface area (Å²) in [5.74, 6) is -0.255. The molecule has 18 heavy (non-hydrogen) atoms. The Kier molecular flexibility index (Phi) is 5.79. The summed E-state index contributed by atoms with van der Waals surface area (Å²) in [6.45, 7) is 3.85. The highest BCUT2D eigenvalue weighted by Gasteiger charge is 2.18. The van der Waals surface area contributed by atoms with E-state index >= 15 is 0 Å². The first-order chi connectivity index (χ1) is 8.37. The molecule has 1 aliphatic heterocycles. The van der Waals surface area contributed by atoms with E-state index in [2.05, 4.69) is 4.74 Å². The summed E-state index contributed by atoms with van der Waals surface area (Å²) in [7, 11) is -3.90. The molecule has 0 aromatic heterocycles. The summed E-state index contributed by atoms with van der Waals surface area (Å²) >= 11 is 0. The lowest BCUT2D eigenvalue weighted by atomic mass is 10.3. The van der Waals surface area contributed by atoms with Crippen molar-refractivity contribution in [1.82, 2.24) is 9.80 Å². The highest BCUT2D eigenvalue weighted by molar-refractivity contribution is 7.85. The highest BCUT2D eigenvalue weighted by atomic mass is 32.2. The van der Waals surface area contributed by atoms with Crippen LogP contribution in [0.5, 0.6) is 0 Å². The first-order valence-corrected chi connectivity index (χ1v) is 7.23. The molecule has 0 radical (unpaired) electrons. The van der Waals surface area contributed by atoms with Crippen molar-refractivity contribution in [2.24, 2.45) is 0 Å². The lowest BCUT2D eigenvalue weighted by Crippen LogP contribution is -2.48. The minimum absolute atomic E-state index is 0.139. The van der Waals surface area contributed by atoms with Crippen molar-refractivity contribution < 1.29 is 27.6 Å². The van der Waals surface area contributed by atoms with Crippen LogP contribution in [0.4, 0.5) is 4.79 Å². The van der Waals surface area contributed by atoms with E-state index in [0.29, 0.717) is 26.2 Å². The van der Waals surface area contributed by atoms with Gasteiger partial charge in [-0.05, 0) is 0 Å². The van der Waals surface area contributed by atoms with Gasteiger partial charge >= 0.3 is 6.16 Å². The van der Waals surface area contributed by atoms with Gasteiger partial charge in [-0.2, -0.15) is 8.42 Å². The smallest absolute Gasteiger partial charge is 0.450 e. The van der Waals surface area contributed by atoms with Gasteiger partial charge in [0.15, 0.2) is 0 Å². The predicted octanol–water partition coefficient (Wildman–Crippen LogP) is -0.814. The van der Waals surface area contributed by atoms with E-state index in [4.69, 9.17) is 9.66 Å². The molecule has 0 bridgehead atoms. The molecular formula is C9H18N2O6S. The summed E-state index contributed by atoms with van der Waals surface area (Å²) in [4.78, 5) is 14.1. The second kappa shape index (κ2) is 6.88. The van der Waals surface area contributed by atoms with Crippen LogP contribution in [0.15, 0.2) is 0 Å². The molecule has 0 saturated carbocycles. The highest BCUT2D eigenvalue weighted by Crippen LogP contribution is 2.01. The monoisotopic (exact) mass is 282 g/mol. The van der Waals surface area contributed by atoms with Crippen molar-refractivity contribution in [3.8, 4) is 0 Å². The number of carbonyl (C=O) groups is 1. The third-order valence-electron chi connectivity index (χ3n) is 2.76. The van der Waals surface area contributed by atoms with Crippen molar-refractivity contribution in [2.45, 2.75) is 0 Å². The molecule has 0 aromatic rings. The number of ether oxygens (including phenoxy) is 1. The molecule has 1 saturated heterocycles. The van der Waals surface area contributed by atoms with E-state index in [0.717, 1.165) is 13.1 Å². The van der Waals surface area contributed by atoms with E-state index < -0.39 is 16.3 Å². The van der Waals surface area contributed by atoms with Crippen molar-refractivity contribution in [3.63, 3.8) is 0 Å². The second-order valence-corrected chi connectivity index (χ2v) is 5.66. The van der Waals surface area contributed by atoms with E-state index in [1.54, 1.807) is 0 Å². The largest absolute Gasteiger partial charge is 0.505 e. The Morgan fingerprint density at radius 3 is 2.06 bits per heavy atom. The van der Waals surface area contributed by atoms with E-state index in [1.807, 2.05) is 9.80 Å². The van der Waals surface area contributed by atoms with Crippen LogP contribution in [0.2, 0.25) is 0 Å². The standard InChI is InChI=1S/C9H18N2O6S/c12-9(13)17-7-5-10-1-3-11(4-2-10)6-8-18(14,15)16/h1-8H2,(H,12,13)(H,14,15,16). The predicted molar refractivity (Wildman–Crippen MR) is 63.3 cm³/mol. The molecule has 9 heteroatoms. The number of nitrogens with zero attached hydrogens (tertiary/aromatic N) is 2. The third-order valence-corrected chi connectivity index (χ3v) is 3.46. The second-order valence-electron chi connectivity index (χ2n) is 4.08. The van der Waals surface area contributed by atoms with E-state index in [9.17, 15) is 13.2 Å². The van der Waals surface area contributed by atoms with Crippen molar-refractivity contribution >= 4 is 16.3 Å². The van der Waals surface area contributed by atoms with Gasteiger partial charge in [0, 0.05) is 39.3 Å². The molecule has 0 amide bonds. The number of rotatable bonds is 6. The third kappa shape index (κ3) is 6.74. The quantitative estimate of drug-likeness (QED) is 0.481. The summed E-state index contributed by atoms with van der Waals surface area (Å²) in [5.41, 5.74) is 0. The van der Waals surface area contributed by atoms with Crippen LogP contribution in [0.1, 0.15) is 0 Å². The zero-order valence-electron chi connectivity index (χ0n) is 9.99. The Balaban J connectivity index is 2.14. The van der Waals surface area contributed by atoms with Gasteiger partial charge in [-0.25, -0.2) is 4.79 Å². The Bertz CT molecular complexity index is 363. The van der Waals surface area contributed by atoms with Gasteiger partial charge in [-0.1, -0.05) is 0 Å². The van der Waals surface area contributed by atoms with Gasteiger partial charge < -0.3 is 9.84 Å². The first-order valence-electron chi connectivity index (χ1n) is 5.62. The maximum Gasteiger partial charge on any atom is 0.505 e. The molecule has 106 valence electrons. The molecule has 0 unspecified atom stereocenters. The van der Waals surface area contributed by atoms with Gasteiger partial charge in [0.25, 0.3) is 10.1 Å². The Morgan fingerprint density at radius 1 is 1.11 bits per heavy atom. The average molecular weight is 282 g/mol. The van der Waals surface area contributed by atoms with Crippen molar-refractivity contribution in [2.75, 3.05) is 51.6 Å². The average Bonchev–Trinajstić information content (AvgIpc) is 2.26. The summed E-state index contributed by atoms with van der Waals surface area (Å²) < 4.78 is 34.2. The van der Waals surface area contributed by atoms with Crippen LogP contribution < -0.4 is 0 Å². The molecule has 0 atom stereocenters. The summed E-state index contributed by atoms with van der Waals surface area (Å²) in [6, 6.07) is 0. The fraction of sp³-hybridized carbons (Fsp3) is 0.889. The van der Waals surface area contributed by atoms with Crippen LogP contribution in [-0.4, -0.2) is 85.7 Å². The molecule has 8 nitrogen and oxygen atoms in total. The lowest BCUT2D eigenvalue weighted by molar-refractivity contribution is 0.0684. The van der Waals surface area contributed by atoms with Gasteiger partial charge in [0.05, 0.1) is 5.75 Å². The van der Waals surface area contributed by atoms with Crippen molar-refractivity contribution in [1.29, 1.82) is 0 Å². The summed E-state index contributed by atoms with van der Waals surface area (Å²) in [6.07, 6.45) is -1.28. The van der Waals surface area contributed by atoms with Gasteiger partial charge in [-0.15, -0.1) is 0 Å². The Hall–Kier alpha value is -0.900. The number of hydrogen-bond acceptors (Lipinski definition) is 6. The fourth-order valence-corrected chi connectivity index (χ4v) is 2.23. The maximum absolute atomic E-state index is 10.6. The van der Waals surface area contributed by atoms with E-state index in [-0.39, 0.29) is 12.4 Å². The Labute approximate surface area is 106 Å². The van der Waals surface area contributed by atoms with Crippen LogP contribution in [0.25, 0.3) is 0 Å². The topological polar surface area (TPSA) is 107 Å². The van der Waals surface area contributed by atoms with Crippen LogP contribution in [-0.2, 0) is 14.9 Å². The molecule has 0 aliphatic carbocycles. The lowest BCUT2D eigenvalue weighted by Gasteiger charge is -2.34. The zero-order chi connectivity index (χ0) is 13.6. The van der Waals surface area contributed by atoms with Gasteiger partial charge in [-0.3, -0.25) is 14.4 Å². The molecule has 2 N–H and O–H groups in total. The van der Waals surface area contributed by atoms with E-state index in [1.165, 1.54) is 0 Å². The maximum atomic E-state index is 10.6. The summed E-state index contributed by atoms with van der Waals surface area (Å²) in [5, 5.41) is 8.30. The fourth-order valence-electron chi connectivity index (χ4n) is 1.74. The minimum atomic E-state index is -3.90. The zero-order valence-corrected chi connectivity index (χ0v) is 10.8. The first kappa shape index (κ1) is 15.2. The van der Waals surface area contributed by atoms with Gasteiger partial charge in [0.1, 0.15) is 6.61 Å². The normalized spacial score (nSPS) is 18.7. The number of hydrogen-bond donors (Lipinski definition) is 2. The molecule has 1 aliphatic rings. The van der Waals surface area contributed by atoms with Crippen molar-refractivity contribution in [3.05, 3.63) is 0 Å². The van der Waals surface area contributed by atoms with Gasteiger partial charge in [0.2, 0.25) is 0 Å². The van der Waals surface area contributed by atoms with Crippen LogP contribution in [0.3, 0.4) is 0 Å². The number of carboxylic acid groups (broad SMARTS) is 1. The van der Waals surface area contributed by atoms with Crippen LogP contribution in [0, 0.1) is 0 Å². The minimum Gasteiger partial charge on any atom is -0.450 e.